The van der Waals surface area contributed by atoms with Crippen LogP contribution in [0.1, 0.15) is 24.8 Å². The van der Waals surface area contributed by atoms with Gasteiger partial charge in [0.05, 0.1) is 7.11 Å². The van der Waals surface area contributed by atoms with Gasteiger partial charge in [0.1, 0.15) is 5.75 Å². The van der Waals surface area contributed by atoms with Crippen LogP contribution in [0.4, 0.5) is 0 Å². The molecule has 0 spiro atoms. The minimum Gasteiger partial charge on any atom is -0.497 e. The van der Waals surface area contributed by atoms with Crippen LogP contribution in [0.25, 0.3) is 0 Å². The minimum absolute atomic E-state index is 0.181. The van der Waals surface area contributed by atoms with Crippen molar-refractivity contribution in [2.75, 3.05) is 27.2 Å². The quantitative estimate of drug-likeness (QED) is 0.779. The van der Waals surface area contributed by atoms with Crippen molar-refractivity contribution in [1.29, 1.82) is 0 Å². The Morgan fingerprint density at radius 2 is 1.95 bits per heavy atom. The number of ether oxygens (including phenoxy) is 1. The van der Waals surface area contributed by atoms with Crippen LogP contribution in [0, 0.1) is 0 Å². The summed E-state index contributed by atoms with van der Waals surface area (Å²) < 4.78 is 5.12. The Hall–Kier alpha value is -1.55. The number of methoxy groups -OCH3 is 1. The number of nitrogens with zero attached hydrogens (tertiary/aromatic N) is 1. The summed E-state index contributed by atoms with van der Waals surface area (Å²) in [4.78, 5) is 13.5. The molecule has 0 saturated heterocycles. The largest absolute Gasteiger partial charge is 0.497 e. The van der Waals surface area contributed by atoms with Gasteiger partial charge in [0, 0.05) is 20.0 Å². The molecule has 0 aromatic heterocycles. The molecule has 1 amide bonds. The summed E-state index contributed by atoms with van der Waals surface area (Å²) >= 11 is 0. The molecule has 0 unspecified atom stereocenters. The first-order valence-electron chi connectivity index (χ1n) is 6.74. The standard InChI is InChI=1S/C15H24N2O2/c1-17(15(18)6-3-11-16)12-4-5-13-7-9-14(19-2)10-8-13/h7-10H,3-6,11-12,16H2,1-2H3. The summed E-state index contributed by atoms with van der Waals surface area (Å²) in [5.74, 6) is 1.05. The van der Waals surface area contributed by atoms with Crippen molar-refractivity contribution >= 4 is 5.91 Å². The van der Waals surface area contributed by atoms with Crippen LogP contribution < -0.4 is 10.5 Å². The summed E-state index contributed by atoms with van der Waals surface area (Å²) in [5, 5.41) is 0. The lowest BCUT2D eigenvalue weighted by atomic mass is 10.1. The second-order valence-corrected chi connectivity index (χ2v) is 4.66. The fraction of sp³-hybridized carbons (Fsp3) is 0.533. The lowest BCUT2D eigenvalue weighted by Gasteiger charge is -2.16. The number of hydrogen-bond donors (Lipinski definition) is 1. The topological polar surface area (TPSA) is 55.6 Å². The molecule has 1 aromatic carbocycles. The van der Waals surface area contributed by atoms with Gasteiger partial charge in [-0.25, -0.2) is 0 Å². The predicted octanol–water partition coefficient (Wildman–Crippen LogP) is 1.83. The van der Waals surface area contributed by atoms with E-state index in [2.05, 4.69) is 12.1 Å². The van der Waals surface area contributed by atoms with Gasteiger partial charge in [-0.3, -0.25) is 4.79 Å². The Morgan fingerprint density at radius 1 is 1.26 bits per heavy atom. The van der Waals surface area contributed by atoms with E-state index in [1.807, 2.05) is 19.2 Å². The summed E-state index contributed by atoms with van der Waals surface area (Å²) in [7, 11) is 3.52. The molecule has 106 valence electrons. The van der Waals surface area contributed by atoms with Gasteiger partial charge in [-0.1, -0.05) is 12.1 Å². The normalized spacial score (nSPS) is 10.3. The number of rotatable bonds is 8. The molecule has 0 aliphatic carbocycles. The van der Waals surface area contributed by atoms with Crippen molar-refractivity contribution in [1.82, 2.24) is 4.90 Å². The number of carbonyl (C=O) groups excluding carboxylic acids is 1. The first-order valence-corrected chi connectivity index (χ1v) is 6.74. The van der Waals surface area contributed by atoms with Crippen LogP contribution in [0.15, 0.2) is 24.3 Å². The van der Waals surface area contributed by atoms with Gasteiger partial charge in [0.2, 0.25) is 5.91 Å². The van der Waals surface area contributed by atoms with Crippen molar-refractivity contribution in [3.63, 3.8) is 0 Å². The maximum absolute atomic E-state index is 11.7. The summed E-state index contributed by atoms with van der Waals surface area (Å²) in [5.41, 5.74) is 6.66. The highest BCUT2D eigenvalue weighted by Crippen LogP contribution is 2.12. The molecule has 0 aliphatic rings. The van der Waals surface area contributed by atoms with Crippen molar-refractivity contribution < 1.29 is 9.53 Å². The third kappa shape index (κ3) is 5.75. The number of aryl methyl sites for hydroxylation is 1. The van der Waals surface area contributed by atoms with Gasteiger partial charge in [-0.2, -0.15) is 0 Å². The Kier molecular flexibility index (Phi) is 6.97. The highest BCUT2D eigenvalue weighted by molar-refractivity contribution is 5.75. The molecule has 0 fully saturated rings. The molecule has 0 atom stereocenters. The molecule has 0 saturated carbocycles. The number of nitrogens with two attached hydrogens (primary N) is 1. The lowest BCUT2D eigenvalue weighted by Crippen LogP contribution is -2.28. The molecule has 0 aliphatic heterocycles. The zero-order valence-corrected chi connectivity index (χ0v) is 11.9. The molecular formula is C15H24N2O2. The van der Waals surface area contributed by atoms with Gasteiger partial charge in [0.15, 0.2) is 0 Å². The Labute approximate surface area is 115 Å². The number of benzene rings is 1. The second-order valence-electron chi connectivity index (χ2n) is 4.66. The van der Waals surface area contributed by atoms with Gasteiger partial charge in [0.25, 0.3) is 0 Å². The predicted molar refractivity (Wildman–Crippen MR) is 77.2 cm³/mol. The fourth-order valence-electron chi connectivity index (χ4n) is 1.88. The molecule has 1 aromatic rings. The van der Waals surface area contributed by atoms with Crippen LogP contribution in [0.5, 0.6) is 5.75 Å². The first kappa shape index (κ1) is 15.5. The molecule has 1 rings (SSSR count). The minimum atomic E-state index is 0.181. The highest BCUT2D eigenvalue weighted by Gasteiger charge is 2.07. The fourth-order valence-corrected chi connectivity index (χ4v) is 1.88. The highest BCUT2D eigenvalue weighted by atomic mass is 16.5. The van der Waals surface area contributed by atoms with Gasteiger partial charge >= 0.3 is 0 Å². The Bertz CT molecular complexity index is 376. The molecule has 0 radical (unpaired) electrons. The first-order chi connectivity index (χ1) is 9.17. The second kappa shape index (κ2) is 8.53. The van der Waals surface area contributed by atoms with Crippen LogP contribution >= 0.6 is 0 Å². The van der Waals surface area contributed by atoms with E-state index in [0.717, 1.165) is 31.6 Å². The van der Waals surface area contributed by atoms with Crippen molar-refractivity contribution in [3.05, 3.63) is 29.8 Å². The average molecular weight is 264 g/mol. The van der Waals surface area contributed by atoms with Crippen molar-refractivity contribution in [3.8, 4) is 5.75 Å². The van der Waals surface area contributed by atoms with E-state index in [0.29, 0.717) is 13.0 Å². The van der Waals surface area contributed by atoms with Gasteiger partial charge in [-0.05, 0) is 43.5 Å². The van der Waals surface area contributed by atoms with E-state index >= 15 is 0 Å². The molecule has 4 nitrogen and oxygen atoms in total. The van der Waals surface area contributed by atoms with E-state index < -0.39 is 0 Å². The van der Waals surface area contributed by atoms with E-state index in [1.165, 1.54) is 5.56 Å². The monoisotopic (exact) mass is 264 g/mol. The zero-order chi connectivity index (χ0) is 14.1. The number of carbonyl (C=O) groups is 1. The maximum Gasteiger partial charge on any atom is 0.222 e. The molecule has 0 bridgehead atoms. The van der Waals surface area contributed by atoms with E-state index in [4.69, 9.17) is 10.5 Å². The molecule has 19 heavy (non-hydrogen) atoms. The Balaban J connectivity index is 2.26. The van der Waals surface area contributed by atoms with Crippen LogP contribution in [0.3, 0.4) is 0 Å². The van der Waals surface area contributed by atoms with E-state index in [9.17, 15) is 4.79 Å². The smallest absolute Gasteiger partial charge is 0.222 e. The third-order valence-electron chi connectivity index (χ3n) is 3.14. The zero-order valence-electron chi connectivity index (χ0n) is 11.9. The summed E-state index contributed by atoms with van der Waals surface area (Å²) in [6.45, 7) is 1.36. The van der Waals surface area contributed by atoms with Crippen LogP contribution in [-0.2, 0) is 11.2 Å². The van der Waals surface area contributed by atoms with E-state index in [1.54, 1.807) is 12.0 Å². The molecule has 0 heterocycles. The molecular weight excluding hydrogens is 240 g/mol. The Morgan fingerprint density at radius 3 is 2.53 bits per heavy atom. The maximum atomic E-state index is 11.7. The van der Waals surface area contributed by atoms with Crippen molar-refractivity contribution in [2.45, 2.75) is 25.7 Å². The van der Waals surface area contributed by atoms with E-state index in [-0.39, 0.29) is 5.91 Å². The molecule has 4 heteroatoms. The third-order valence-corrected chi connectivity index (χ3v) is 3.14. The lowest BCUT2D eigenvalue weighted by molar-refractivity contribution is -0.130. The SMILES string of the molecule is COc1ccc(CCCN(C)C(=O)CCCN)cc1. The van der Waals surface area contributed by atoms with Gasteiger partial charge < -0.3 is 15.4 Å². The number of hydrogen-bond acceptors (Lipinski definition) is 3. The van der Waals surface area contributed by atoms with Crippen LogP contribution in [0.2, 0.25) is 0 Å². The van der Waals surface area contributed by atoms with Crippen LogP contribution in [-0.4, -0.2) is 38.1 Å². The molecule has 2 N–H and O–H groups in total. The summed E-state index contributed by atoms with van der Waals surface area (Å²) in [6, 6.07) is 8.06. The summed E-state index contributed by atoms with van der Waals surface area (Å²) in [6.07, 6.45) is 3.26. The number of amides is 1. The van der Waals surface area contributed by atoms with Gasteiger partial charge in [-0.15, -0.1) is 0 Å². The average Bonchev–Trinajstić information content (AvgIpc) is 2.45. The van der Waals surface area contributed by atoms with Crippen molar-refractivity contribution in [2.24, 2.45) is 5.73 Å².